The maximum atomic E-state index is 13.4. The summed E-state index contributed by atoms with van der Waals surface area (Å²) in [7, 11) is 4.14. The second-order valence-corrected chi connectivity index (χ2v) is 10.5. The number of hydrogen-bond donors (Lipinski definition) is 3. The minimum absolute atomic E-state index is 0.275. The first-order chi connectivity index (χ1) is 17.4. The summed E-state index contributed by atoms with van der Waals surface area (Å²) in [6.07, 6.45) is 5.97. The molecule has 4 heterocycles. The third kappa shape index (κ3) is 4.36. The van der Waals surface area contributed by atoms with Gasteiger partial charge >= 0.3 is 0 Å². The SMILES string of the molecule is CCC([SiH3])(Nc1c(-c2nc3ccc(OCCOC)cc3[nH]2)c(=O)[nH]c2cn(C)nc12)c1ncccn1. The van der Waals surface area contributed by atoms with Gasteiger partial charge in [-0.2, -0.15) is 5.10 Å². The fraction of sp³-hybridized carbons (Fsp3) is 0.292. The minimum atomic E-state index is -0.525. The number of nitrogens with one attached hydrogen (secondary N) is 3. The third-order valence-corrected chi connectivity index (χ3v) is 7.61. The highest BCUT2D eigenvalue weighted by atomic mass is 28.1. The number of H-pyrrole nitrogens is 2. The highest BCUT2D eigenvalue weighted by Crippen LogP contribution is 2.34. The monoisotopic (exact) mass is 504 g/mol. The number of aromatic nitrogens is 7. The summed E-state index contributed by atoms with van der Waals surface area (Å²) in [6.45, 7) is 3.00. The van der Waals surface area contributed by atoms with E-state index in [0.29, 0.717) is 63.1 Å². The molecule has 186 valence electrons. The summed E-state index contributed by atoms with van der Waals surface area (Å²) in [4.78, 5) is 33.4. The van der Waals surface area contributed by atoms with Crippen molar-refractivity contribution in [3.63, 3.8) is 0 Å². The largest absolute Gasteiger partial charge is 0.491 e. The van der Waals surface area contributed by atoms with Crippen LogP contribution in [0.5, 0.6) is 5.75 Å². The molecule has 0 amide bonds. The van der Waals surface area contributed by atoms with Crippen molar-refractivity contribution in [1.82, 2.24) is 34.7 Å². The molecular weight excluding hydrogens is 476 g/mol. The second kappa shape index (κ2) is 9.55. The first-order valence-corrected chi connectivity index (χ1v) is 12.7. The Balaban J connectivity index is 1.66. The Morgan fingerprint density at radius 2 is 1.97 bits per heavy atom. The normalized spacial score (nSPS) is 13.3. The van der Waals surface area contributed by atoms with Crippen molar-refractivity contribution in [2.75, 3.05) is 25.6 Å². The van der Waals surface area contributed by atoms with Gasteiger partial charge < -0.3 is 24.8 Å². The van der Waals surface area contributed by atoms with E-state index in [4.69, 9.17) is 14.5 Å². The number of nitrogens with zero attached hydrogens (tertiary/aromatic N) is 5. The molecule has 0 saturated carbocycles. The summed E-state index contributed by atoms with van der Waals surface area (Å²) in [5, 5.41) is 7.74. The average molecular weight is 505 g/mol. The molecule has 0 radical (unpaired) electrons. The number of aryl methyl sites for hydroxylation is 1. The highest BCUT2D eigenvalue weighted by molar-refractivity contribution is 6.17. The fourth-order valence-corrected chi connectivity index (χ4v) is 4.64. The van der Waals surface area contributed by atoms with Crippen LogP contribution in [0.1, 0.15) is 19.2 Å². The topological polar surface area (TPSA) is 136 Å². The van der Waals surface area contributed by atoms with Crippen LogP contribution in [0.3, 0.4) is 0 Å². The molecule has 0 fully saturated rings. The maximum absolute atomic E-state index is 13.4. The molecule has 1 unspecified atom stereocenters. The zero-order valence-corrected chi connectivity index (χ0v) is 22.6. The van der Waals surface area contributed by atoms with Crippen molar-refractivity contribution in [3.05, 3.63) is 59.0 Å². The van der Waals surface area contributed by atoms with E-state index < -0.39 is 5.16 Å². The van der Waals surface area contributed by atoms with E-state index in [9.17, 15) is 4.79 Å². The first-order valence-electron chi connectivity index (χ1n) is 11.7. The summed E-state index contributed by atoms with van der Waals surface area (Å²) in [5.74, 6) is 1.80. The first kappa shape index (κ1) is 23.7. The number of rotatable bonds is 9. The molecular formula is C24H28N8O3Si. The Bertz CT molecular complexity index is 1580. The Morgan fingerprint density at radius 1 is 1.17 bits per heavy atom. The molecule has 0 spiro atoms. The fourth-order valence-electron chi connectivity index (χ4n) is 4.13. The van der Waals surface area contributed by atoms with Gasteiger partial charge in [0.25, 0.3) is 5.56 Å². The van der Waals surface area contributed by atoms with Gasteiger partial charge in [0.05, 0.1) is 34.0 Å². The van der Waals surface area contributed by atoms with Crippen molar-refractivity contribution >= 4 is 38.0 Å². The van der Waals surface area contributed by atoms with E-state index in [1.165, 1.54) is 0 Å². The van der Waals surface area contributed by atoms with Crippen molar-refractivity contribution < 1.29 is 9.47 Å². The lowest BCUT2D eigenvalue weighted by atomic mass is 10.1. The molecule has 0 aliphatic carbocycles. The lowest BCUT2D eigenvalue weighted by Gasteiger charge is -2.30. The van der Waals surface area contributed by atoms with Crippen LogP contribution in [0.15, 0.2) is 47.7 Å². The third-order valence-electron chi connectivity index (χ3n) is 6.20. The van der Waals surface area contributed by atoms with Gasteiger partial charge in [-0.3, -0.25) is 9.48 Å². The number of methoxy groups -OCH3 is 1. The van der Waals surface area contributed by atoms with Gasteiger partial charge in [0, 0.05) is 49.1 Å². The zero-order valence-electron chi connectivity index (χ0n) is 20.6. The summed E-state index contributed by atoms with van der Waals surface area (Å²) < 4.78 is 12.5. The van der Waals surface area contributed by atoms with Crippen molar-refractivity contribution in [2.24, 2.45) is 7.05 Å². The molecule has 11 nitrogen and oxygen atoms in total. The molecule has 0 saturated heterocycles. The molecule has 0 aliphatic rings. The highest BCUT2D eigenvalue weighted by Gasteiger charge is 2.31. The van der Waals surface area contributed by atoms with Crippen LogP contribution in [0.4, 0.5) is 5.69 Å². The predicted octanol–water partition coefficient (Wildman–Crippen LogP) is 1.66. The Hall–Kier alpha value is -4.03. The molecule has 4 aromatic heterocycles. The molecule has 0 aliphatic heterocycles. The summed E-state index contributed by atoms with van der Waals surface area (Å²) in [5.41, 5.74) is 3.44. The number of aromatic amines is 2. The molecule has 1 atom stereocenters. The molecule has 1 aromatic carbocycles. The van der Waals surface area contributed by atoms with Gasteiger partial charge in [-0.1, -0.05) is 6.92 Å². The van der Waals surface area contributed by atoms with Crippen LogP contribution in [-0.2, 0) is 16.9 Å². The number of imidazole rings is 1. The van der Waals surface area contributed by atoms with Gasteiger partial charge in [0.2, 0.25) is 0 Å². The Morgan fingerprint density at radius 3 is 2.72 bits per heavy atom. The van der Waals surface area contributed by atoms with Crippen LogP contribution in [-0.4, -0.2) is 65.3 Å². The van der Waals surface area contributed by atoms with Gasteiger partial charge in [0.1, 0.15) is 35.1 Å². The number of anilines is 1. The van der Waals surface area contributed by atoms with Crippen LogP contribution in [0, 0.1) is 0 Å². The average Bonchev–Trinajstić information content (AvgIpc) is 3.46. The molecule has 5 rings (SSSR count). The lowest BCUT2D eigenvalue weighted by Crippen LogP contribution is -2.38. The van der Waals surface area contributed by atoms with Crippen molar-refractivity contribution in [3.8, 4) is 17.1 Å². The molecule has 3 N–H and O–H groups in total. The molecule has 36 heavy (non-hydrogen) atoms. The lowest BCUT2D eigenvalue weighted by molar-refractivity contribution is 0.146. The number of fused-ring (bicyclic) bond motifs is 2. The second-order valence-electron chi connectivity index (χ2n) is 8.76. The van der Waals surface area contributed by atoms with Crippen LogP contribution < -0.4 is 15.6 Å². The number of pyridine rings is 1. The zero-order chi connectivity index (χ0) is 25.3. The smallest absolute Gasteiger partial charge is 0.261 e. The predicted molar refractivity (Wildman–Crippen MR) is 141 cm³/mol. The number of benzene rings is 1. The maximum Gasteiger partial charge on any atom is 0.261 e. The van der Waals surface area contributed by atoms with Gasteiger partial charge in [0.15, 0.2) is 0 Å². The van der Waals surface area contributed by atoms with Crippen LogP contribution in [0.25, 0.3) is 33.5 Å². The quantitative estimate of drug-likeness (QED) is 0.204. The van der Waals surface area contributed by atoms with Gasteiger partial charge in [-0.25, -0.2) is 15.0 Å². The van der Waals surface area contributed by atoms with Gasteiger partial charge in [-0.05, 0) is 24.6 Å². The molecule has 12 heteroatoms. The van der Waals surface area contributed by atoms with Gasteiger partial charge in [-0.15, -0.1) is 0 Å². The van der Waals surface area contributed by atoms with E-state index in [-0.39, 0.29) is 5.56 Å². The Kier molecular flexibility index (Phi) is 6.29. The van der Waals surface area contributed by atoms with Crippen LogP contribution in [0.2, 0.25) is 0 Å². The number of hydrogen-bond acceptors (Lipinski definition) is 8. The summed E-state index contributed by atoms with van der Waals surface area (Å²) >= 11 is 0. The summed E-state index contributed by atoms with van der Waals surface area (Å²) in [6, 6.07) is 7.36. The van der Waals surface area contributed by atoms with E-state index in [0.717, 1.165) is 17.5 Å². The minimum Gasteiger partial charge on any atom is -0.491 e. The molecule has 0 bridgehead atoms. The standard InChI is InChI=1S/C24H28N8O3Si/c1-4-24(36,23-25-8-5-9-26-23)30-20-18(22(33)29-17-13-32(2)31-19(17)20)21-27-15-7-6-14(12-16(15)28-21)35-11-10-34-3/h5-9,12-13,30H,4,10-11H2,1-3,36H3,(H,27,28)(H,29,33). The van der Waals surface area contributed by atoms with E-state index in [2.05, 4.69) is 37.3 Å². The Labute approximate surface area is 209 Å². The van der Waals surface area contributed by atoms with Crippen LogP contribution >= 0.6 is 0 Å². The van der Waals surface area contributed by atoms with E-state index in [1.807, 2.05) is 25.2 Å². The van der Waals surface area contributed by atoms with Crippen molar-refractivity contribution in [1.29, 1.82) is 0 Å². The van der Waals surface area contributed by atoms with E-state index in [1.54, 1.807) is 36.4 Å². The number of ether oxygens (including phenoxy) is 2. The van der Waals surface area contributed by atoms with Crippen molar-refractivity contribution in [2.45, 2.75) is 18.5 Å². The van der Waals surface area contributed by atoms with E-state index >= 15 is 0 Å². The molecule has 5 aromatic rings.